The van der Waals surface area contributed by atoms with Crippen molar-refractivity contribution in [2.75, 3.05) is 46.5 Å². The molecule has 164 valence electrons. The van der Waals surface area contributed by atoms with Gasteiger partial charge in [-0.2, -0.15) is 4.98 Å². The molecule has 0 radical (unpaired) electrons. The standard InChI is InChI=1S/C19H28N4O4.2ClH/c1-15-21-19(27-22-15)14-26-17-5-4-16(12-18(17)24-2)13-20-6-3-7-23-8-10-25-11-9-23;;/h4-5,12,20H,3,6-11,13-14H2,1-2H3;2*1H. The Hall–Kier alpha value is -1.58. The summed E-state index contributed by atoms with van der Waals surface area (Å²) in [7, 11) is 1.64. The number of nitrogens with zero attached hydrogens (tertiary/aromatic N) is 3. The fraction of sp³-hybridized carbons (Fsp3) is 0.579. The van der Waals surface area contributed by atoms with Crippen LogP contribution in [0, 0.1) is 6.92 Å². The van der Waals surface area contributed by atoms with E-state index in [2.05, 4.69) is 20.4 Å². The molecule has 0 saturated carbocycles. The average Bonchev–Trinajstić information content (AvgIpc) is 3.12. The summed E-state index contributed by atoms with van der Waals surface area (Å²) < 4.78 is 21.6. The minimum absolute atomic E-state index is 0. The van der Waals surface area contributed by atoms with Crippen LogP contribution in [0.15, 0.2) is 22.7 Å². The Morgan fingerprint density at radius 3 is 2.66 bits per heavy atom. The lowest BCUT2D eigenvalue weighted by Gasteiger charge is -2.26. The second-order valence-electron chi connectivity index (χ2n) is 6.49. The number of morpholine rings is 1. The summed E-state index contributed by atoms with van der Waals surface area (Å²) in [6, 6.07) is 5.93. The van der Waals surface area contributed by atoms with Crippen LogP contribution < -0.4 is 14.8 Å². The number of rotatable bonds is 10. The SMILES string of the molecule is COc1cc(CNCCCN2CCOCC2)ccc1OCc1nc(C)no1.Cl.Cl. The van der Waals surface area contributed by atoms with Crippen LogP contribution in [0.4, 0.5) is 0 Å². The van der Waals surface area contributed by atoms with Gasteiger partial charge in [0.15, 0.2) is 23.9 Å². The normalized spacial score (nSPS) is 14.0. The van der Waals surface area contributed by atoms with Crippen molar-refractivity contribution < 1.29 is 18.7 Å². The van der Waals surface area contributed by atoms with Crippen LogP contribution in [-0.2, 0) is 17.9 Å². The first-order chi connectivity index (χ1) is 13.2. The second kappa shape index (κ2) is 13.6. The second-order valence-corrected chi connectivity index (χ2v) is 6.49. The molecule has 0 amide bonds. The van der Waals surface area contributed by atoms with Gasteiger partial charge in [0.05, 0.1) is 20.3 Å². The number of halogens is 2. The maximum Gasteiger partial charge on any atom is 0.264 e. The topological polar surface area (TPSA) is 81.9 Å². The zero-order chi connectivity index (χ0) is 18.9. The van der Waals surface area contributed by atoms with E-state index in [1.165, 1.54) is 0 Å². The number of aryl methyl sites for hydroxylation is 1. The molecular weight excluding hydrogens is 419 g/mol. The van der Waals surface area contributed by atoms with Crippen LogP contribution in [-0.4, -0.2) is 61.5 Å². The quantitative estimate of drug-likeness (QED) is 0.555. The predicted octanol–water partition coefficient (Wildman–Crippen LogP) is 2.62. The van der Waals surface area contributed by atoms with Gasteiger partial charge in [-0.1, -0.05) is 11.2 Å². The average molecular weight is 449 g/mol. The predicted molar refractivity (Wildman–Crippen MR) is 114 cm³/mol. The molecule has 2 aromatic rings. The van der Waals surface area contributed by atoms with Gasteiger partial charge >= 0.3 is 0 Å². The number of hydrogen-bond acceptors (Lipinski definition) is 8. The Labute approximate surface area is 184 Å². The summed E-state index contributed by atoms with van der Waals surface area (Å²) in [5.41, 5.74) is 1.15. The van der Waals surface area contributed by atoms with E-state index in [9.17, 15) is 0 Å². The molecule has 1 aliphatic heterocycles. The van der Waals surface area contributed by atoms with E-state index in [0.29, 0.717) is 23.2 Å². The molecule has 1 N–H and O–H groups in total. The van der Waals surface area contributed by atoms with Gasteiger partial charge in [0.25, 0.3) is 5.89 Å². The summed E-state index contributed by atoms with van der Waals surface area (Å²) >= 11 is 0. The third-order valence-corrected chi connectivity index (χ3v) is 4.41. The fourth-order valence-corrected chi connectivity index (χ4v) is 2.96. The van der Waals surface area contributed by atoms with Crippen molar-refractivity contribution in [1.82, 2.24) is 20.4 Å². The molecule has 3 rings (SSSR count). The van der Waals surface area contributed by atoms with E-state index in [1.807, 2.05) is 18.2 Å². The maximum absolute atomic E-state index is 5.74. The molecule has 10 heteroatoms. The Kier molecular flexibility index (Phi) is 11.9. The largest absolute Gasteiger partial charge is 0.493 e. The molecule has 0 unspecified atom stereocenters. The molecule has 0 spiro atoms. The van der Waals surface area contributed by atoms with Crippen LogP contribution in [0.3, 0.4) is 0 Å². The van der Waals surface area contributed by atoms with E-state index in [0.717, 1.165) is 57.9 Å². The van der Waals surface area contributed by atoms with Crippen LogP contribution in [0.2, 0.25) is 0 Å². The Balaban J connectivity index is 0.00000210. The van der Waals surface area contributed by atoms with Crippen LogP contribution in [0.5, 0.6) is 11.5 Å². The highest BCUT2D eigenvalue weighted by atomic mass is 35.5. The lowest BCUT2D eigenvalue weighted by molar-refractivity contribution is 0.0374. The molecule has 1 saturated heterocycles. The molecule has 0 bridgehead atoms. The maximum atomic E-state index is 5.74. The van der Waals surface area contributed by atoms with Crippen molar-refractivity contribution in [1.29, 1.82) is 0 Å². The van der Waals surface area contributed by atoms with Gasteiger partial charge in [-0.3, -0.25) is 4.90 Å². The third kappa shape index (κ3) is 8.36. The van der Waals surface area contributed by atoms with Crippen molar-refractivity contribution in [3.8, 4) is 11.5 Å². The minimum atomic E-state index is 0. The lowest BCUT2D eigenvalue weighted by Crippen LogP contribution is -2.37. The van der Waals surface area contributed by atoms with Crippen molar-refractivity contribution in [3.05, 3.63) is 35.5 Å². The molecule has 1 fully saturated rings. The number of hydrogen-bond donors (Lipinski definition) is 1. The van der Waals surface area contributed by atoms with Crippen molar-refractivity contribution >= 4 is 24.8 Å². The van der Waals surface area contributed by atoms with E-state index in [4.69, 9.17) is 18.7 Å². The van der Waals surface area contributed by atoms with Gasteiger partial charge in [0.1, 0.15) is 0 Å². The van der Waals surface area contributed by atoms with E-state index in [-0.39, 0.29) is 31.4 Å². The number of methoxy groups -OCH3 is 1. The molecular formula is C19H30Cl2N4O4. The lowest BCUT2D eigenvalue weighted by atomic mass is 10.2. The Morgan fingerprint density at radius 2 is 1.97 bits per heavy atom. The first-order valence-corrected chi connectivity index (χ1v) is 9.34. The van der Waals surface area contributed by atoms with Crippen molar-refractivity contribution in [2.45, 2.75) is 26.5 Å². The van der Waals surface area contributed by atoms with Gasteiger partial charge in [0.2, 0.25) is 0 Å². The third-order valence-electron chi connectivity index (χ3n) is 4.41. The Bertz CT molecular complexity index is 711. The fourth-order valence-electron chi connectivity index (χ4n) is 2.96. The first-order valence-electron chi connectivity index (χ1n) is 9.34. The number of nitrogens with one attached hydrogen (secondary N) is 1. The molecule has 1 aromatic heterocycles. The van der Waals surface area contributed by atoms with Gasteiger partial charge in [0, 0.05) is 19.6 Å². The molecule has 29 heavy (non-hydrogen) atoms. The van der Waals surface area contributed by atoms with Crippen LogP contribution >= 0.6 is 24.8 Å². The van der Waals surface area contributed by atoms with E-state index < -0.39 is 0 Å². The van der Waals surface area contributed by atoms with Gasteiger partial charge in [-0.15, -0.1) is 24.8 Å². The minimum Gasteiger partial charge on any atom is -0.493 e. The van der Waals surface area contributed by atoms with Crippen LogP contribution in [0.25, 0.3) is 0 Å². The van der Waals surface area contributed by atoms with Gasteiger partial charge in [-0.05, 0) is 44.1 Å². The summed E-state index contributed by atoms with van der Waals surface area (Å²) in [5.74, 6) is 2.39. The van der Waals surface area contributed by atoms with Crippen molar-refractivity contribution in [3.63, 3.8) is 0 Å². The summed E-state index contributed by atoms with van der Waals surface area (Å²) in [4.78, 5) is 6.58. The molecule has 1 aromatic carbocycles. The summed E-state index contributed by atoms with van der Waals surface area (Å²) in [5, 5.41) is 7.23. The number of ether oxygens (including phenoxy) is 3. The molecule has 2 heterocycles. The van der Waals surface area contributed by atoms with E-state index in [1.54, 1.807) is 14.0 Å². The number of aromatic nitrogens is 2. The molecule has 0 aliphatic carbocycles. The summed E-state index contributed by atoms with van der Waals surface area (Å²) in [6.45, 7) is 8.68. The smallest absolute Gasteiger partial charge is 0.264 e. The zero-order valence-corrected chi connectivity index (χ0v) is 18.5. The van der Waals surface area contributed by atoms with Gasteiger partial charge < -0.3 is 24.1 Å². The molecule has 8 nitrogen and oxygen atoms in total. The highest BCUT2D eigenvalue weighted by Gasteiger charge is 2.10. The van der Waals surface area contributed by atoms with Crippen LogP contribution in [0.1, 0.15) is 23.7 Å². The number of benzene rings is 1. The highest BCUT2D eigenvalue weighted by molar-refractivity contribution is 5.85. The van der Waals surface area contributed by atoms with Crippen molar-refractivity contribution in [2.24, 2.45) is 0 Å². The zero-order valence-electron chi connectivity index (χ0n) is 16.9. The molecule has 1 aliphatic rings. The van der Waals surface area contributed by atoms with Gasteiger partial charge in [-0.25, -0.2) is 0 Å². The Morgan fingerprint density at radius 1 is 1.17 bits per heavy atom. The monoisotopic (exact) mass is 448 g/mol. The van der Waals surface area contributed by atoms with E-state index >= 15 is 0 Å². The summed E-state index contributed by atoms with van der Waals surface area (Å²) in [6.07, 6.45) is 1.13. The molecule has 0 atom stereocenters. The highest BCUT2D eigenvalue weighted by Crippen LogP contribution is 2.28. The first kappa shape index (κ1) is 25.5.